The molecule has 0 unspecified atom stereocenters. The Morgan fingerprint density at radius 1 is 1.37 bits per heavy atom. The number of methoxy groups -OCH3 is 1. The highest BCUT2D eigenvalue weighted by Crippen LogP contribution is 2.37. The van der Waals surface area contributed by atoms with Gasteiger partial charge in [0.05, 0.1) is 12.1 Å². The summed E-state index contributed by atoms with van der Waals surface area (Å²) in [6.07, 6.45) is 4.72. The molecule has 106 valence electrons. The summed E-state index contributed by atoms with van der Waals surface area (Å²) in [5, 5.41) is 13.6. The predicted molar refractivity (Wildman–Crippen MR) is 77.7 cm³/mol. The Morgan fingerprint density at radius 3 is 2.68 bits per heavy atom. The van der Waals surface area contributed by atoms with Crippen molar-refractivity contribution in [1.82, 2.24) is 5.32 Å². The van der Waals surface area contributed by atoms with Gasteiger partial charge in [0.25, 0.3) is 0 Å². The lowest BCUT2D eigenvalue weighted by atomic mass is 9.87. The predicted octanol–water partition coefficient (Wildman–Crippen LogP) is 2.99. The summed E-state index contributed by atoms with van der Waals surface area (Å²) in [7, 11) is 1.62. The van der Waals surface area contributed by atoms with E-state index >= 15 is 0 Å². The Hall–Kier alpha value is -0.770. The quantitative estimate of drug-likeness (QED) is 0.843. The van der Waals surface area contributed by atoms with Crippen LogP contribution in [-0.4, -0.2) is 25.4 Å². The number of aliphatic hydroxyl groups excluding tert-OH is 1. The first-order valence-corrected chi connectivity index (χ1v) is 7.21. The zero-order valence-corrected chi connectivity index (χ0v) is 12.2. The van der Waals surface area contributed by atoms with Gasteiger partial charge in [0.2, 0.25) is 0 Å². The molecular weight excluding hydrogens is 262 g/mol. The van der Waals surface area contributed by atoms with Crippen LogP contribution in [0.25, 0.3) is 0 Å². The van der Waals surface area contributed by atoms with Gasteiger partial charge in [0.1, 0.15) is 5.75 Å². The number of benzene rings is 1. The van der Waals surface area contributed by atoms with Crippen molar-refractivity contribution in [3.8, 4) is 5.75 Å². The fraction of sp³-hybridized carbons (Fsp3) is 0.600. The first kappa shape index (κ1) is 14.6. The topological polar surface area (TPSA) is 41.5 Å². The van der Waals surface area contributed by atoms with Crippen molar-refractivity contribution in [2.75, 3.05) is 20.3 Å². The Balaban J connectivity index is 1.87. The fourth-order valence-corrected chi connectivity index (χ4v) is 3.09. The third-order valence-corrected chi connectivity index (χ3v) is 4.34. The maximum atomic E-state index is 9.55. The van der Waals surface area contributed by atoms with Gasteiger partial charge in [-0.05, 0) is 30.5 Å². The molecule has 3 nitrogen and oxygen atoms in total. The lowest BCUT2D eigenvalue weighted by molar-refractivity contribution is 0.128. The SMILES string of the molecule is COc1ccc(CNCC2(CO)CCCC2)cc1Cl. The van der Waals surface area contributed by atoms with Crippen LogP contribution < -0.4 is 10.1 Å². The second-order valence-corrected chi connectivity index (χ2v) is 5.84. The number of ether oxygens (including phenoxy) is 1. The van der Waals surface area contributed by atoms with Crippen molar-refractivity contribution in [3.05, 3.63) is 28.8 Å². The Labute approximate surface area is 119 Å². The van der Waals surface area contributed by atoms with Crippen LogP contribution >= 0.6 is 11.6 Å². The average Bonchev–Trinajstić information content (AvgIpc) is 2.88. The summed E-state index contributed by atoms with van der Waals surface area (Å²) < 4.78 is 5.13. The monoisotopic (exact) mass is 283 g/mol. The minimum absolute atomic E-state index is 0.0935. The zero-order valence-electron chi connectivity index (χ0n) is 11.4. The molecule has 0 spiro atoms. The summed E-state index contributed by atoms with van der Waals surface area (Å²) in [6, 6.07) is 5.82. The molecule has 2 rings (SSSR count). The molecule has 0 bridgehead atoms. The van der Waals surface area contributed by atoms with Crippen molar-refractivity contribution in [3.63, 3.8) is 0 Å². The van der Waals surface area contributed by atoms with Crippen LogP contribution in [0, 0.1) is 5.41 Å². The second kappa shape index (κ2) is 6.60. The third-order valence-electron chi connectivity index (χ3n) is 4.04. The van der Waals surface area contributed by atoms with Gasteiger partial charge in [-0.2, -0.15) is 0 Å². The molecule has 0 atom stereocenters. The van der Waals surface area contributed by atoms with E-state index in [9.17, 15) is 5.11 Å². The van der Waals surface area contributed by atoms with Gasteiger partial charge >= 0.3 is 0 Å². The van der Waals surface area contributed by atoms with E-state index in [1.54, 1.807) is 7.11 Å². The fourth-order valence-electron chi connectivity index (χ4n) is 2.81. The Bertz CT molecular complexity index is 417. The molecule has 2 N–H and O–H groups in total. The number of halogens is 1. The maximum absolute atomic E-state index is 9.55. The van der Waals surface area contributed by atoms with Gasteiger partial charge in [-0.15, -0.1) is 0 Å². The van der Waals surface area contributed by atoms with E-state index < -0.39 is 0 Å². The molecule has 1 saturated carbocycles. The van der Waals surface area contributed by atoms with Crippen molar-refractivity contribution < 1.29 is 9.84 Å². The van der Waals surface area contributed by atoms with Crippen LogP contribution in [0.1, 0.15) is 31.2 Å². The molecule has 0 aromatic heterocycles. The molecular formula is C15H22ClNO2. The van der Waals surface area contributed by atoms with Gasteiger partial charge in [-0.3, -0.25) is 0 Å². The second-order valence-electron chi connectivity index (χ2n) is 5.44. The highest BCUT2D eigenvalue weighted by molar-refractivity contribution is 6.32. The first-order valence-electron chi connectivity index (χ1n) is 6.83. The van der Waals surface area contributed by atoms with Crippen molar-refractivity contribution in [1.29, 1.82) is 0 Å². The average molecular weight is 284 g/mol. The van der Waals surface area contributed by atoms with Crippen LogP contribution in [0.2, 0.25) is 5.02 Å². The van der Waals surface area contributed by atoms with Crippen molar-refractivity contribution >= 4 is 11.6 Å². The van der Waals surface area contributed by atoms with Gasteiger partial charge in [-0.1, -0.05) is 30.5 Å². The minimum Gasteiger partial charge on any atom is -0.495 e. The zero-order chi connectivity index (χ0) is 13.7. The lowest BCUT2D eigenvalue weighted by Gasteiger charge is -2.26. The van der Waals surface area contributed by atoms with Gasteiger partial charge in [0.15, 0.2) is 0 Å². The molecule has 1 aliphatic carbocycles. The molecule has 0 amide bonds. The molecule has 1 aromatic rings. The van der Waals surface area contributed by atoms with Crippen LogP contribution in [0.15, 0.2) is 18.2 Å². The van der Waals surface area contributed by atoms with Gasteiger partial charge < -0.3 is 15.2 Å². The Morgan fingerprint density at radius 2 is 2.11 bits per heavy atom. The molecule has 0 radical (unpaired) electrons. The van der Waals surface area contributed by atoms with Crippen molar-refractivity contribution in [2.24, 2.45) is 5.41 Å². The normalized spacial score (nSPS) is 17.6. The summed E-state index contributed by atoms with van der Waals surface area (Å²) in [5.41, 5.74) is 1.23. The van der Waals surface area contributed by atoms with Crippen LogP contribution in [-0.2, 0) is 6.54 Å². The molecule has 1 aromatic carbocycles. The van der Waals surface area contributed by atoms with E-state index in [1.807, 2.05) is 18.2 Å². The number of rotatable bonds is 6. The molecule has 1 fully saturated rings. The molecule has 0 heterocycles. The van der Waals surface area contributed by atoms with Crippen LogP contribution in [0.5, 0.6) is 5.75 Å². The lowest BCUT2D eigenvalue weighted by Crippen LogP contribution is -2.34. The van der Waals surface area contributed by atoms with Gasteiger partial charge in [-0.25, -0.2) is 0 Å². The first-order chi connectivity index (χ1) is 9.19. The maximum Gasteiger partial charge on any atom is 0.137 e. The number of aliphatic hydroxyl groups is 1. The standard InChI is InChI=1S/C15H22ClNO2/c1-19-14-5-4-12(8-13(14)16)9-17-10-15(11-18)6-2-3-7-15/h4-5,8,17-18H,2-3,6-7,9-11H2,1H3. The highest BCUT2D eigenvalue weighted by atomic mass is 35.5. The third kappa shape index (κ3) is 3.62. The van der Waals surface area contributed by atoms with E-state index in [0.29, 0.717) is 10.8 Å². The van der Waals surface area contributed by atoms with Crippen LogP contribution in [0.4, 0.5) is 0 Å². The number of nitrogens with one attached hydrogen (secondary N) is 1. The van der Waals surface area contributed by atoms with E-state index in [-0.39, 0.29) is 12.0 Å². The van der Waals surface area contributed by atoms with E-state index in [2.05, 4.69) is 5.32 Å². The van der Waals surface area contributed by atoms with Gasteiger partial charge in [0, 0.05) is 25.1 Å². The molecule has 0 saturated heterocycles. The molecule has 19 heavy (non-hydrogen) atoms. The minimum atomic E-state index is 0.0935. The van der Waals surface area contributed by atoms with Crippen molar-refractivity contribution in [2.45, 2.75) is 32.2 Å². The van der Waals surface area contributed by atoms with E-state index in [1.165, 1.54) is 12.8 Å². The Kier molecular flexibility index (Phi) is 5.08. The summed E-state index contributed by atoms with van der Waals surface area (Å²) in [6.45, 7) is 1.92. The number of hydrogen-bond acceptors (Lipinski definition) is 3. The molecule has 1 aliphatic rings. The number of hydrogen-bond donors (Lipinski definition) is 2. The van der Waals surface area contributed by atoms with E-state index in [0.717, 1.165) is 31.5 Å². The largest absolute Gasteiger partial charge is 0.495 e. The smallest absolute Gasteiger partial charge is 0.137 e. The molecule has 4 heteroatoms. The highest BCUT2D eigenvalue weighted by Gasteiger charge is 2.32. The summed E-state index contributed by atoms with van der Waals surface area (Å²) >= 11 is 6.10. The molecule has 0 aliphatic heterocycles. The summed E-state index contributed by atoms with van der Waals surface area (Å²) in [4.78, 5) is 0. The van der Waals surface area contributed by atoms with E-state index in [4.69, 9.17) is 16.3 Å². The van der Waals surface area contributed by atoms with Crippen LogP contribution in [0.3, 0.4) is 0 Å². The summed E-state index contributed by atoms with van der Waals surface area (Å²) in [5.74, 6) is 0.702.